The fourth-order valence-electron chi connectivity index (χ4n) is 6.30. The van der Waals surface area contributed by atoms with Gasteiger partial charge in [-0.05, 0) is 83.5 Å². The number of nitrogens with zero attached hydrogens (tertiary/aromatic N) is 1. The summed E-state index contributed by atoms with van der Waals surface area (Å²) in [4.78, 5) is 23.1. The molecule has 3 atom stereocenters. The van der Waals surface area contributed by atoms with Crippen LogP contribution in [0, 0.1) is 0 Å². The molecule has 9 heteroatoms. The first kappa shape index (κ1) is 57.7. The predicted octanol–water partition coefficient (Wildman–Crippen LogP) is 13.7. The van der Waals surface area contributed by atoms with Crippen LogP contribution in [0.1, 0.15) is 181 Å². The maximum absolute atomic E-state index is 12.9. The summed E-state index contributed by atoms with van der Waals surface area (Å²) < 4.78 is 23.5. The molecule has 0 heterocycles. The Kier molecular flexibility index (Phi) is 40.4. The van der Waals surface area contributed by atoms with Gasteiger partial charge < -0.3 is 19.8 Å². The third kappa shape index (κ3) is 43.8. The number of quaternary nitrogens is 1. The number of phosphoric ester groups is 1. The first-order chi connectivity index (χ1) is 29.0. The smallest absolute Gasteiger partial charge is 0.387 e. The molecule has 8 nitrogen and oxygen atoms in total. The van der Waals surface area contributed by atoms with E-state index >= 15 is 0 Å². The zero-order valence-corrected chi connectivity index (χ0v) is 40.1. The summed E-state index contributed by atoms with van der Waals surface area (Å²) >= 11 is 0. The van der Waals surface area contributed by atoms with Gasteiger partial charge in [0.2, 0.25) is 5.91 Å². The maximum atomic E-state index is 12.9. The number of unbranched alkanes of at least 4 members (excludes halogenated alkanes) is 17. The summed E-state index contributed by atoms with van der Waals surface area (Å²) in [6, 6.07) is -0.896. The van der Waals surface area contributed by atoms with Crippen LogP contribution in [0.3, 0.4) is 0 Å². The largest absolute Gasteiger partial charge is 0.472 e. The Morgan fingerprint density at radius 3 is 1.53 bits per heavy atom. The number of hydrogen-bond acceptors (Lipinski definition) is 5. The maximum Gasteiger partial charge on any atom is 0.472 e. The van der Waals surface area contributed by atoms with Gasteiger partial charge in [-0.3, -0.25) is 13.8 Å². The molecule has 0 spiro atoms. The number of allylic oxidation sites excluding steroid dienone is 13. The molecular formula is C51H92N2O6P+. The van der Waals surface area contributed by atoms with E-state index in [1.807, 2.05) is 27.2 Å². The fraction of sp³-hybridized carbons (Fsp3) is 0.706. The summed E-state index contributed by atoms with van der Waals surface area (Å²) in [5.41, 5.74) is 0. The number of nitrogens with one attached hydrogen (secondary N) is 1. The van der Waals surface area contributed by atoms with Crippen molar-refractivity contribution < 1.29 is 32.9 Å². The standard InChI is InChI=1S/C51H91N2O6P/c1-6-8-10-12-14-16-18-20-22-23-24-25-26-27-28-29-31-32-34-36-38-40-42-44-50(54)49(48-59-60(56,57)58-47-46-53(3,4)5)52-51(55)45-43-41-39-37-35-33-30-21-19-17-15-13-11-9-7-2/h9,11,15,17,21,28-30,34-37,42,44,49-50,54H,6-8,10,12-14,16,18-20,22-27,31-33,38-41,43,45-48H2,1-5H3,(H-,52,55,56,57)/p+1/b11-9-,17-15-,29-28+,30-21-,36-34+,37-35-,44-42+. The lowest BCUT2D eigenvalue weighted by atomic mass is 10.0. The minimum absolute atomic E-state index is 0.0410. The Morgan fingerprint density at radius 1 is 0.583 bits per heavy atom. The Labute approximate surface area is 369 Å². The Balaban J connectivity index is 4.49. The Bertz CT molecular complexity index is 1250. The van der Waals surface area contributed by atoms with Crippen molar-refractivity contribution in [3.63, 3.8) is 0 Å². The van der Waals surface area contributed by atoms with E-state index in [4.69, 9.17) is 9.05 Å². The molecule has 0 aliphatic carbocycles. The molecule has 1 amide bonds. The second kappa shape index (κ2) is 42.0. The molecule has 0 rings (SSSR count). The van der Waals surface area contributed by atoms with Crippen LogP contribution in [0.4, 0.5) is 0 Å². The average molecular weight is 860 g/mol. The molecule has 0 aromatic carbocycles. The normalized spacial score (nSPS) is 15.0. The average Bonchev–Trinajstić information content (AvgIpc) is 3.20. The molecule has 0 aliphatic heterocycles. The number of hydrogen-bond donors (Lipinski definition) is 3. The number of likely N-dealkylation sites (N-methyl/N-ethyl adjacent to an activating group) is 1. The Hall–Kier alpha value is -2.32. The zero-order valence-electron chi connectivity index (χ0n) is 39.2. The first-order valence-electron chi connectivity index (χ1n) is 24.0. The highest BCUT2D eigenvalue weighted by atomic mass is 31.2. The summed E-state index contributed by atoms with van der Waals surface area (Å²) in [6.45, 7) is 4.62. The number of aliphatic hydroxyl groups is 1. The van der Waals surface area contributed by atoms with Gasteiger partial charge in [-0.15, -0.1) is 0 Å². The lowest BCUT2D eigenvalue weighted by Gasteiger charge is -2.25. The van der Waals surface area contributed by atoms with Crippen molar-refractivity contribution in [3.05, 3.63) is 85.1 Å². The van der Waals surface area contributed by atoms with E-state index in [0.717, 1.165) is 64.2 Å². The van der Waals surface area contributed by atoms with Gasteiger partial charge >= 0.3 is 7.82 Å². The zero-order chi connectivity index (χ0) is 44.3. The lowest BCUT2D eigenvalue weighted by molar-refractivity contribution is -0.870. The second-order valence-electron chi connectivity index (χ2n) is 17.1. The van der Waals surface area contributed by atoms with E-state index in [0.29, 0.717) is 17.4 Å². The molecule has 3 unspecified atom stereocenters. The summed E-state index contributed by atoms with van der Waals surface area (Å²) in [7, 11) is 1.50. The number of aliphatic hydroxyl groups excluding tert-OH is 1. The molecule has 0 radical (unpaired) electrons. The van der Waals surface area contributed by atoms with Crippen molar-refractivity contribution in [3.8, 4) is 0 Å². The molecule has 0 bridgehead atoms. The molecule has 0 saturated heterocycles. The number of carbonyl (C=O) groups excluding carboxylic acids is 1. The van der Waals surface area contributed by atoms with Crippen molar-refractivity contribution >= 4 is 13.7 Å². The van der Waals surface area contributed by atoms with E-state index in [2.05, 4.69) is 92.1 Å². The van der Waals surface area contributed by atoms with Gasteiger partial charge in [0.15, 0.2) is 0 Å². The van der Waals surface area contributed by atoms with Crippen LogP contribution in [0.2, 0.25) is 0 Å². The third-order valence-electron chi connectivity index (χ3n) is 10.1. The first-order valence-corrected chi connectivity index (χ1v) is 25.5. The number of amides is 1. The van der Waals surface area contributed by atoms with Gasteiger partial charge in [-0.2, -0.15) is 0 Å². The van der Waals surface area contributed by atoms with Gasteiger partial charge in [-0.25, -0.2) is 4.57 Å². The molecule has 346 valence electrons. The van der Waals surface area contributed by atoms with E-state index in [1.54, 1.807) is 6.08 Å². The highest BCUT2D eigenvalue weighted by molar-refractivity contribution is 7.47. The van der Waals surface area contributed by atoms with Crippen molar-refractivity contribution in [1.82, 2.24) is 5.32 Å². The Morgan fingerprint density at radius 2 is 1.02 bits per heavy atom. The van der Waals surface area contributed by atoms with Gasteiger partial charge in [0.1, 0.15) is 13.2 Å². The molecule has 0 aromatic heterocycles. The lowest BCUT2D eigenvalue weighted by Crippen LogP contribution is -2.45. The number of rotatable bonds is 42. The van der Waals surface area contributed by atoms with Gasteiger partial charge in [-0.1, -0.05) is 176 Å². The quantitative estimate of drug-likeness (QED) is 0.0244. The molecule has 0 fully saturated rings. The van der Waals surface area contributed by atoms with E-state index in [9.17, 15) is 19.4 Å². The van der Waals surface area contributed by atoms with Gasteiger partial charge in [0, 0.05) is 6.42 Å². The van der Waals surface area contributed by atoms with Crippen LogP contribution in [0.5, 0.6) is 0 Å². The second-order valence-corrected chi connectivity index (χ2v) is 18.5. The monoisotopic (exact) mass is 860 g/mol. The molecule has 0 aromatic rings. The number of carbonyl (C=O) groups is 1. The van der Waals surface area contributed by atoms with Gasteiger partial charge in [0.05, 0.1) is 39.9 Å². The summed E-state index contributed by atoms with van der Waals surface area (Å²) in [6.07, 6.45) is 58.2. The van der Waals surface area contributed by atoms with Crippen molar-refractivity contribution in [2.75, 3.05) is 40.9 Å². The van der Waals surface area contributed by atoms with E-state index in [1.165, 1.54) is 89.9 Å². The summed E-state index contributed by atoms with van der Waals surface area (Å²) in [5, 5.41) is 13.8. The minimum atomic E-state index is -4.37. The fourth-order valence-corrected chi connectivity index (χ4v) is 7.03. The SMILES string of the molecule is CC/C=C\C/C=C\C/C=C\C/C=C\CCCCC(=O)NC(COP(=O)(O)OCC[N+](C)(C)C)C(O)/C=C/CC/C=C/CC/C=C/CCCCCCCCCCCCCCC. The minimum Gasteiger partial charge on any atom is -0.387 e. The molecule has 0 aliphatic rings. The highest BCUT2D eigenvalue weighted by Crippen LogP contribution is 2.43. The molecule has 60 heavy (non-hydrogen) atoms. The molecular weight excluding hydrogens is 768 g/mol. The molecule has 3 N–H and O–H groups in total. The van der Waals surface area contributed by atoms with Crippen LogP contribution in [0.15, 0.2) is 85.1 Å². The van der Waals surface area contributed by atoms with Crippen molar-refractivity contribution in [2.45, 2.75) is 193 Å². The van der Waals surface area contributed by atoms with Crippen LogP contribution in [0.25, 0.3) is 0 Å². The summed E-state index contributed by atoms with van der Waals surface area (Å²) in [5.74, 6) is -0.235. The van der Waals surface area contributed by atoms with E-state index < -0.39 is 20.0 Å². The topological polar surface area (TPSA) is 105 Å². The van der Waals surface area contributed by atoms with Crippen LogP contribution in [-0.2, 0) is 18.4 Å². The van der Waals surface area contributed by atoms with Crippen molar-refractivity contribution in [2.24, 2.45) is 0 Å². The number of phosphoric acid groups is 1. The van der Waals surface area contributed by atoms with Crippen LogP contribution in [-0.4, -0.2) is 73.4 Å². The predicted molar refractivity (Wildman–Crippen MR) is 258 cm³/mol. The van der Waals surface area contributed by atoms with E-state index in [-0.39, 0.29) is 25.5 Å². The van der Waals surface area contributed by atoms with Gasteiger partial charge in [0.25, 0.3) is 0 Å². The van der Waals surface area contributed by atoms with Crippen molar-refractivity contribution in [1.29, 1.82) is 0 Å². The van der Waals surface area contributed by atoms with Crippen LogP contribution < -0.4 is 5.32 Å². The third-order valence-corrected chi connectivity index (χ3v) is 11.1. The van der Waals surface area contributed by atoms with Crippen LogP contribution >= 0.6 is 7.82 Å². The molecule has 0 saturated carbocycles. The highest BCUT2D eigenvalue weighted by Gasteiger charge is 2.27.